The summed E-state index contributed by atoms with van der Waals surface area (Å²) in [6, 6.07) is 5.31. The number of ether oxygens (including phenoxy) is 1. The van der Waals surface area contributed by atoms with Crippen LogP contribution in [0.5, 0.6) is 0 Å². The average Bonchev–Trinajstić information content (AvgIpc) is 2.85. The fourth-order valence-corrected chi connectivity index (χ4v) is 2.77. The Bertz CT molecular complexity index is 666. The molecule has 0 spiro atoms. The van der Waals surface area contributed by atoms with Crippen LogP contribution in [0.1, 0.15) is 21.6 Å². The first kappa shape index (κ1) is 15.0. The molecule has 0 saturated heterocycles. The molecule has 0 aliphatic heterocycles. The van der Waals surface area contributed by atoms with Crippen molar-refractivity contribution in [1.82, 2.24) is 10.3 Å². The zero-order chi connectivity index (χ0) is 14.5. The van der Waals surface area contributed by atoms with Crippen LogP contribution in [0, 0.1) is 0 Å². The Labute approximate surface area is 128 Å². The zero-order valence-electron chi connectivity index (χ0n) is 10.7. The van der Waals surface area contributed by atoms with Crippen molar-refractivity contribution < 1.29 is 9.53 Å². The third kappa shape index (κ3) is 3.78. The maximum absolute atomic E-state index is 11.4. The van der Waals surface area contributed by atoms with Crippen LogP contribution in [0.3, 0.4) is 0 Å². The van der Waals surface area contributed by atoms with Gasteiger partial charge in [0, 0.05) is 28.6 Å². The maximum atomic E-state index is 11.4. The SMILES string of the molecule is COC(=O)c1ccc(CNCc2csc(=O)[nH]2)c(Br)c1. The molecule has 2 rings (SSSR count). The first-order valence-electron chi connectivity index (χ1n) is 5.84. The van der Waals surface area contributed by atoms with Gasteiger partial charge in [-0.15, -0.1) is 0 Å². The lowest BCUT2D eigenvalue weighted by Gasteiger charge is -2.07. The van der Waals surface area contributed by atoms with E-state index in [0.29, 0.717) is 18.7 Å². The number of rotatable bonds is 5. The Kier molecular flexibility index (Phi) is 5.11. The van der Waals surface area contributed by atoms with E-state index in [1.54, 1.807) is 17.5 Å². The van der Waals surface area contributed by atoms with Gasteiger partial charge in [-0.05, 0) is 17.7 Å². The Balaban J connectivity index is 1.96. The molecule has 0 unspecified atom stereocenters. The second-order valence-corrected chi connectivity index (χ2v) is 5.77. The van der Waals surface area contributed by atoms with Crippen LogP contribution < -0.4 is 10.2 Å². The van der Waals surface area contributed by atoms with Crippen LogP contribution in [-0.2, 0) is 17.8 Å². The second kappa shape index (κ2) is 6.83. The molecule has 7 heteroatoms. The summed E-state index contributed by atoms with van der Waals surface area (Å²) in [5.41, 5.74) is 2.39. The summed E-state index contributed by atoms with van der Waals surface area (Å²) in [4.78, 5) is 25.1. The minimum atomic E-state index is -0.360. The Morgan fingerprint density at radius 1 is 1.45 bits per heavy atom. The second-order valence-electron chi connectivity index (χ2n) is 4.07. The molecule has 0 aliphatic rings. The highest BCUT2D eigenvalue weighted by Gasteiger charge is 2.08. The van der Waals surface area contributed by atoms with Crippen molar-refractivity contribution in [2.75, 3.05) is 7.11 Å². The molecule has 0 saturated carbocycles. The molecule has 1 aromatic heterocycles. The van der Waals surface area contributed by atoms with Crippen molar-refractivity contribution >= 4 is 33.2 Å². The lowest BCUT2D eigenvalue weighted by Crippen LogP contribution is -2.14. The number of thiazole rings is 1. The number of carbonyl (C=O) groups is 1. The van der Waals surface area contributed by atoms with Crippen LogP contribution in [0.25, 0.3) is 0 Å². The van der Waals surface area contributed by atoms with E-state index in [0.717, 1.165) is 27.1 Å². The third-order valence-electron chi connectivity index (χ3n) is 2.68. The van der Waals surface area contributed by atoms with Gasteiger partial charge >= 0.3 is 10.8 Å². The summed E-state index contributed by atoms with van der Waals surface area (Å²) < 4.78 is 5.50. The summed E-state index contributed by atoms with van der Waals surface area (Å²) in [5, 5.41) is 5.02. The van der Waals surface area contributed by atoms with Gasteiger partial charge in [-0.25, -0.2) is 4.79 Å². The highest BCUT2D eigenvalue weighted by molar-refractivity contribution is 9.10. The third-order valence-corrected chi connectivity index (χ3v) is 4.13. The minimum absolute atomic E-state index is 0.0505. The van der Waals surface area contributed by atoms with E-state index >= 15 is 0 Å². The molecule has 20 heavy (non-hydrogen) atoms. The number of carbonyl (C=O) groups excluding carboxylic acids is 1. The first-order valence-corrected chi connectivity index (χ1v) is 7.51. The summed E-state index contributed by atoms with van der Waals surface area (Å²) in [7, 11) is 1.35. The molecular weight excluding hydrogens is 344 g/mol. The van der Waals surface area contributed by atoms with Gasteiger partial charge in [0.05, 0.1) is 12.7 Å². The summed E-state index contributed by atoms with van der Waals surface area (Å²) in [6.45, 7) is 1.21. The molecule has 0 fully saturated rings. The number of nitrogens with one attached hydrogen (secondary N) is 2. The molecule has 0 radical (unpaired) electrons. The van der Waals surface area contributed by atoms with Crippen LogP contribution in [0.4, 0.5) is 0 Å². The summed E-state index contributed by atoms with van der Waals surface area (Å²) in [6.07, 6.45) is 0. The number of aromatic amines is 1. The highest BCUT2D eigenvalue weighted by atomic mass is 79.9. The van der Waals surface area contributed by atoms with E-state index in [9.17, 15) is 9.59 Å². The van der Waals surface area contributed by atoms with Crippen LogP contribution in [-0.4, -0.2) is 18.1 Å². The molecule has 2 aromatic rings. The van der Waals surface area contributed by atoms with Gasteiger partial charge in [-0.2, -0.15) is 0 Å². The topological polar surface area (TPSA) is 71.2 Å². The van der Waals surface area contributed by atoms with Gasteiger partial charge < -0.3 is 15.0 Å². The normalized spacial score (nSPS) is 10.5. The van der Waals surface area contributed by atoms with E-state index in [1.807, 2.05) is 6.07 Å². The number of aromatic nitrogens is 1. The molecule has 0 atom stereocenters. The molecule has 1 aromatic carbocycles. The van der Waals surface area contributed by atoms with Crippen molar-refractivity contribution in [3.63, 3.8) is 0 Å². The predicted molar refractivity (Wildman–Crippen MR) is 81.0 cm³/mol. The molecule has 0 amide bonds. The van der Waals surface area contributed by atoms with Gasteiger partial charge in [0.2, 0.25) is 0 Å². The standard InChI is InChI=1S/C13H13BrN2O3S/c1-19-12(17)8-2-3-9(11(14)4-8)5-15-6-10-7-20-13(18)16-10/h2-4,7,15H,5-6H2,1H3,(H,16,18). The largest absolute Gasteiger partial charge is 0.465 e. The molecule has 1 heterocycles. The molecule has 106 valence electrons. The van der Waals surface area contributed by atoms with E-state index in [1.165, 1.54) is 7.11 Å². The maximum Gasteiger partial charge on any atom is 0.337 e. The monoisotopic (exact) mass is 356 g/mol. The fraction of sp³-hybridized carbons (Fsp3) is 0.231. The van der Waals surface area contributed by atoms with Crippen LogP contribution in [0.2, 0.25) is 0 Å². The van der Waals surface area contributed by atoms with Gasteiger partial charge in [0.25, 0.3) is 0 Å². The highest BCUT2D eigenvalue weighted by Crippen LogP contribution is 2.19. The molecule has 0 bridgehead atoms. The van der Waals surface area contributed by atoms with E-state index in [-0.39, 0.29) is 10.8 Å². The van der Waals surface area contributed by atoms with Crippen molar-refractivity contribution in [2.45, 2.75) is 13.1 Å². The number of hydrogen-bond acceptors (Lipinski definition) is 5. The smallest absolute Gasteiger partial charge is 0.337 e. The predicted octanol–water partition coefficient (Wildman–Crippen LogP) is 2.28. The minimum Gasteiger partial charge on any atom is -0.465 e. The average molecular weight is 357 g/mol. The van der Waals surface area contributed by atoms with Gasteiger partial charge in [0.15, 0.2) is 0 Å². The Hall–Kier alpha value is -1.44. The number of benzene rings is 1. The number of hydrogen-bond donors (Lipinski definition) is 2. The van der Waals surface area contributed by atoms with E-state index in [4.69, 9.17) is 0 Å². The number of methoxy groups -OCH3 is 1. The van der Waals surface area contributed by atoms with Crippen molar-refractivity contribution in [3.05, 3.63) is 54.5 Å². The first-order chi connectivity index (χ1) is 9.60. The van der Waals surface area contributed by atoms with E-state index in [2.05, 4.69) is 31.0 Å². The molecule has 2 N–H and O–H groups in total. The quantitative estimate of drug-likeness (QED) is 0.806. The number of halogens is 1. The summed E-state index contributed by atoms with van der Waals surface area (Å²) >= 11 is 4.58. The summed E-state index contributed by atoms with van der Waals surface area (Å²) in [5.74, 6) is -0.360. The fourth-order valence-electron chi connectivity index (χ4n) is 1.67. The number of esters is 1. The van der Waals surface area contributed by atoms with Crippen molar-refractivity contribution in [2.24, 2.45) is 0 Å². The van der Waals surface area contributed by atoms with Gasteiger partial charge in [-0.1, -0.05) is 33.3 Å². The van der Waals surface area contributed by atoms with Crippen LogP contribution >= 0.6 is 27.3 Å². The number of H-pyrrole nitrogens is 1. The zero-order valence-corrected chi connectivity index (χ0v) is 13.1. The molecular formula is C13H13BrN2O3S. The molecule has 0 aliphatic carbocycles. The van der Waals surface area contributed by atoms with Crippen molar-refractivity contribution in [1.29, 1.82) is 0 Å². The van der Waals surface area contributed by atoms with Gasteiger partial charge in [-0.3, -0.25) is 4.79 Å². The Morgan fingerprint density at radius 2 is 2.25 bits per heavy atom. The lowest BCUT2D eigenvalue weighted by atomic mass is 10.1. The Morgan fingerprint density at radius 3 is 2.85 bits per heavy atom. The van der Waals surface area contributed by atoms with Crippen LogP contribution in [0.15, 0.2) is 32.8 Å². The molecule has 5 nitrogen and oxygen atoms in total. The van der Waals surface area contributed by atoms with Gasteiger partial charge in [0.1, 0.15) is 0 Å². The lowest BCUT2D eigenvalue weighted by molar-refractivity contribution is 0.0600. The van der Waals surface area contributed by atoms with Crippen molar-refractivity contribution in [3.8, 4) is 0 Å². The van der Waals surface area contributed by atoms with E-state index < -0.39 is 0 Å².